The molecule has 1 aliphatic rings. The number of hydrogen-bond donors (Lipinski definition) is 2. The van der Waals surface area contributed by atoms with Gasteiger partial charge in [-0.2, -0.15) is 5.01 Å². The average molecular weight is 406 g/mol. The summed E-state index contributed by atoms with van der Waals surface area (Å²) >= 11 is 2.68. The van der Waals surface area contributed by atoms with Crippen molar-refractivity contribution in [2.75, 3.05) is 12.9 Å². The second-order valence-corrected chi connectivity index (χ2v) is 8.08. The highest BCUT2D eigenvalue weighted by Crippen LogP contribution is 2.29. The van der Waals surface area contributed by atoms with Crippen LogP contribution in [-0.4, -0.2) is 40.7 Å². The number of thiazole rings is 1. The molecule has 0 spiro atoms. The summed E-state index contributed by atoms with van der Waals surface area (Å²) in [6.07, 6.45) is 0. The average Bonchev–Trinajstić information content (AvgIpc) is 3.17. The van der Waals surface area contributed by atoms with E-state index >= 15 is 0 Å². The zero-order valence-corrected chi connectivity index (χ0v) is 16.6. The van der Waals surface area contributed by atoms with Crippen molar-refractivity contribution < 1.29 is 19.1 Å². The van der Waals surface area contributed by atoms with Gasteiger partial charge in [0.15, 0.2) is 4.34 Å². The number of nitrogens with zero attached hydrogens (tertiary/aromatic N) is 2. The fraction of sp³-hybridized carbons (Fsp3) is 0.294. The van der Waals surface area contributed by atoms with E-state index in [1.165, 1.54) is 23.1 Å². The van der Waals surface area contributed by atoms with Gasteiger partial charge in [0.05, 0.1) is 12.9 Å². The number of urea groups is 1. The summed E-state index contributed by atoms with van der Waals surface area (Å²) in [4.78, 5) is 41.4. The van der Waals surface area contributed by atoms with Crippen molar-refractivity contribution in [1.29, 1.82) is 0 Å². The summed E-state index contributed by atoms with van der Waals surface area (Å²) in [6.45, 7) is 3.46. The fourth-order valence-corrected chi connectivity index (χ4v) is 4.19. The molecule has 1 atom stereocenters. The van der Waals surface area contributed by atoms with Gasteiger partial charge in [-0.05, 0) is 31.5 Å². The van der Waals surface area contributed by atoms with Crippen LogP contribution in [-0.2, 0) is 15.1 Å². The highest BCUT2D eigenvalue weighted by molar-refractivity contribution is 8.01. The second-order valence-electron chi connectivity index (χ2n) is 6.00. The van der Waals surface area contributed by atoms with Gasteiger partial charge in [0.1, 0.15) is 11.3 Å². The van der Waals surface area contributed by atoms with Crippen LogP contribution in [0.1, 0.15) is 18.2 Å². The predicted molar refractivity (Wildman–Crippen MR) is 101 cm³/mol. The predicted octanol–water partition coefficient (Wildman–Crippen LogP) is 2.05. The quantitative estimate of drug-likeness (QED) is 0.563. The van der Waals surface area contributed by atoms with Crippen LogP contribution >= 0.6 is 23.1 Å². The lowest BCUT2D eigenvalue weighted by atomic mass is 9.92. The number of benzene rings is 1. The lowest BCUT2D eigenvalue weighted by Gasteiger charge is -2.22. The van der Waals surface area contributed by atoms with E-state index in [-0.39, 0.29) is 5.75 Å². The Hall–Kier alpha value is -2.59. The molecular formula is C17H18N4O4S2. The number of carbonyl (C=O) groups excluding carboxylic acids is 3. The van der Waals surface area contributed by atoms with Crippen molar-refractivity contribution >= 4 is 40.9 Å². The molecule has 2 N–H and O–H groups in total. The van der Waals surface area contributed by atoms with Crippen LogP contribution in [0.25, 0.3) is 0 Å². The van der Waals surface area contributed by atoms with Gasteiger partial charge in [-0.3, -0.25) is 15.0 Å². The molecule has 3 rings (SSSR count). The van der Waals surface area contributed by atoms with Gasteiger partial charge < -0.3 is 10.1 Å². The van der Waals surface area contributed by atoms with Crippen molar-refractivity contribution in [1.82, 2.24) is 20.7 Å². The van der Waals surface area contributed by atoms with Crippen molar-refractivity contribution in [3.8, 4) is 5.75 Å². The molecule has 0 saturated carbocycles. The summed E-state index contributed by atoms with van der Waals surface area (Å²) in [5.41, 5.74) is 2.57. The van der Waals surface area contributed by atoms with Gasteiger partial charge >= 0.3 is 6.03 Å². The molecule has 1 saturated heterocycles. The Morgan fingerprint density at radius 1 is 1.37 bits per heavy atom. The molecule has 0 bridgehead atoms. The third-order valence-corrected chi connectivity index (χ3v) is 6.16. The van der Waals surface area contributed by atoms with Crippen molar-refractivity contribution in [2.24, 2.45) is 0 Å². The number of nitrogens with one attached hydrogen (secondary N) is 2. The van der Waals surface area contributed by atoms with Gasteiger partial charge in [0.25, 0.3) is 5.91 Å². The topological polar surface area (TPSA) is 101 Å². The molecule has 0 radical (unpaired) electrons. The fourth-order valence-electron chi connectivity index (χ4n) is 2.54. The minimum absolute atomic E-state index is 0.0449. The Kier molecular flexibility index (Phi) is 5.38. The largest absolute Gasteiger partial charge is 0.497 e. The maximum atomic E-state index is 12.8. The highest BCUT2D eigenvalue weighted by Gasteiger charge is 2.50. The summed E-state index contributed by atoms with van der Waals surface area (Å²) < 4.78 is 5.86. The number of rotatable bonds is 6. The van der Waals surface area contributed by atoms with Crippen LogP contribution in [0.5, 0.6) is 5.75 Å². The van der Waals surface area contributed by atoms with E-state index in [2.05, 4.69) is 15.7 Å². The van der Waals surface area contributed by atoms with Crippen molar-refractivity contribution in [3.63, 3.8) is 0 Å². The van der Waals surface area contributed by atoms with Crippen LogP contribution < -0.4 is 15.5 Å². The number of imide groups is 1. The molecule has 1 aliphatic heterocycles. The zero-order chi connectivity index (χ0) is 19.6. The first kappa shape index (κ1) is 19.2. The van der Waals surface area contributed by atoms with Crippen LogP contribution in [0, 0.1) is 6.92 Å². The van der Waals surface area contributed by atoms with Crippen LogP contribution in [0.2, 0.25) is 0 Å². The van der Waals surface area contributed by atoms with Crippen LogP contribution in [0.15, 0.2) is 34.0 Å². The van der Waals surface area contributed by atoms with E-state index in [0.29, 0.717) is 11.3 Å². The lowest BCUT2D eigenvalue weighted by molar-refractivity contribution is -0.138. The summed E-state index contributed by atoms with van der Waals surface area (Å²) in [5, 5.41) is 5.24. The monoisotopic (exact) mass is 406 g/mol. The van der Waals surface area contributed by atoms with Gasteiger partial charge in [-0.1, -0.05) is 23.9 Å². The van der Waals surface area contributed by atoms with E-state index in [1.54, 1.807) is 38.3 Å². The Morgan fingerprint density at radius 3 is 2.67 bits per heavy atom. The third kappa shape index (κ3) is 3.91. The molecule has 142 valence electrons. The first-order valence-corrected chi connectivity index (χ1v) is 9.85. The SMILES string of the molecule is COc1ccc(C2(C)NC(=O)N(NC(=O)CSc3nc(C)cs3)C2=O)cc1. The summed E-state index contributed by atoms with van der Waals surface area (Å²) in [5.74, 6) is -0.335. The number of aromatic nitrogens is 1. The number of hydrazine groups is 1. The Labute approximate surface area is 164 Å². The Morgan fingerprint density at radius 2 is 2.07 bits per heavy atom. The molecule has 1 unspecified atom stereocenters. The number of thioether (sulfide) groups is 1. The molecule has 1 fully saturated rings. The van der Waals surface area contributed by atoms with Crippen LogP contribution in [0.4, 0.5) is 4.79 Å². The number of hydrogen-bond acceptors (Lipinski definition) is 7. The lowest BCUT2D eigenvalue weighted by Crippen LogP contribution is -2.48. The van der Waals surface area contributed by atoms with Crippen LogP contribution in [0.3, 0.4) is 0 Å². The highest BCUT2D eigenvalue weighted by atomic mass is 32.2. The number of methoxy groups -OCH3 is 1. The number of aryl methyl sites for hydroxylation is 1. The van der Waals surface area contributed by atoms with Gasteiger partial charge in [0, 0.05) is 11.1 Å². The molecule has 1 aromatic heterocycles. The first-order chi connectivity index (χ1) is 12.8. The van der Waals surface area contributed by atoms with Crippen molar-refractivity contribution in [3.05, 3.63) is 40.9 Å². The van der Waals surface area contributed by atoms with Gasteiger partial charge in [-0.15, -0.1) is 11.3 Å². The molecule has 8 nitrogen and oxygen atoms in total. The molecule has 4 amide bonds. The second kappa shape index (κ2) is 7.57. The maximum absolute atomic E-state index is 12.8. The molecule has 10 heteroatoms. The first-order valence-electron chi connectivity index (χ1n) is 7.99. The third-order valence-electron chi connectivity index (χ3n) is 4.02. The summed E-state index contributed by atoms with van der Waals surface area (Å²) in [7, 11) is 1.54. The number of carbonyl (C=O) groups is 3. The van der Waals surface area contributed by atoms with Crippen molar-refractivity contribution in [2.45, 2.75) is 23.7 Å². The molecule has 27 heavy (non-hydrogen) atoms. The number of ether oxygens (including phenoxy) is 1. The summed E-state index contributed by atoms with van der Waals surface area (Å²) in [6, 6.07) is 6.12. The van der Waals surface area contributed by atoms with E-state index in [9.17, 15) is 14.4 Å². The van der Waals surface area contributed by atoms with E-state index in [0.717, 1.165) is 15.0 Å². The Balaban J connectivity index is 1.66. The normalized spacial score (nSPS) is 19.1. The van der Waals surface area contributed by atoms with Gasteiger partial charge in [0.2, 0.25) is 5.91 Å². The number of amides is 4. The molecule has 1 aromatic carbocycles. The Bertz CT molecular complexity index is 883. The van der Waals surface area contributed by atoms with E-state index in [1.807, 2.05) is 12.3 Å². The molecular weight excluding hydrogens is 388 g/mol. The van der Waals surface area contributed by atoms with E-state index in [4.69, 9.17) is 4.74 Å². The van der Waals surface area contributed by atoms with Gasteiger partial charge in [-0.25, -0.2) is 9.78 Å². The molecule has 2 aromatic rings. The standard InChI is InChI=1S/C17H18N4O4S2/c1-10-8-26-16(18-10)27-9-13(22)20-21-14(23)17(2,19-15(21)24)11-4-6-12(25-3)7-5-11/h4-8H,9H2,1-3H3,(H,19,24)(H,20,22). The minimum Gasteiger partial charge on any atom is -0.497 e. The molecule has 0 aliphatic carbocycles. The maximum Gasteiger partial charge on any atom is 0.344 e. The zero-order valence-electron chi connectivity index (χ0n) is 14.9. The minimum atomic E-state index is -1.27. The smallest absolute Gasteiger partial charge is 0.344 e. The van der Waals surface area contributed by atoms with E-state index < -0.39 is 23.4 Å². The molecule has 2 heterocycles.